The van der Waals surface area contributed by atoms with Crippen molar-refractivity contribution < 1.29 is 13.2 Å². The van der Waals surface area contributed by atoms with E-state index in [1.54, 1.807) is 36.4 Å². The number of para-hydroxylation sites is 1. The highest BCUT2D eigenvalue weighted by Gasteiger charge is 2.26. The van der Waals surface area contributed by atoms with Crippen LogP contribution >= 0.6 is 11.6 Å². The van der Waals surface area contributed by atoms with E-state index in [1.165, 1.54) is 22.5 Å². The first kappa shape index (κ1) is 22.6. The Hall–Kier alpha value is -3.09. The standard InChI is InChI=1S/C24H23ClN2O3S/c1-3-16-27(23-15-8-7-14-22(23)25)31(29,30)21-13-9-12-20(17-21)24(28)26-18(2)19-10-5-4-6-11-19/h3-15,17-18H,1,16H2,2H3,(H,26,28). The molecule has 160 valence electrons. The summed E-state index contributed by atoms with van der Waals surface area (Å²) in [6.45, 7) is 5.56. The monoisotopic (exact) mass is 454 g/mol. The fourth-order valence-corrected chi connectivity index (χ4v) is 4.92. The molecule has 3 aromatic carbocycles. The van der Waals surface area contributed by atoms with E-state index in [0.717, 1.165) is 5.56 Å². The molecule has 0 saturated carbocycles. The van der Waals surface area contributed by atoms with Crippen molar-refractivity contribution in [2.45, 2.75) is 17.9 Å². The number of benzene rings is 3. The van der Waals surface area contributed by atoms with Crippen molar-refractivity contribution in [3.05, 3.63) is 108 Å². The summed E-state index contributed by atoms with van der Waals surface area (Å²) in [6.07, 6.45) is 1.49. The van der Waals surface area contributed by atoms with Gasteiger partial charge in [0.1, 0.15) is 0 Å². The number of nitrogens with one attached hydrogen (secondary N) is 1. The van der Waals surface area contributed by atoms with E-state index in [-0.39, 0.29) is 29.0 Å². The number of amides is 1. The SMILES string of the molecule is C=CCN(c1ccccc1Cl)S(=O)(=O)c1cccc(C(=O)NC(C)c2ccccc2)c1. The molecule has 0 bridgehead atoms. The number of halogens is 1. The first-order valence-corrected chi connectivity index (χ1v) is 11.5. The van der Waals surface area contributed by atoms with Gasteiger partial charge in [0, 0.05) is 5.56 Å². The molecule has 0 radical (unpaired) electrons. The summed E-state index contributed by atoms with van der Waals surface area (Å²) in [5, 5.41) is 3.21. The van der Waals surface area contributed by atoms with Gasteiger partial charge in [-0.3, -0.25) is 9.10 Å². The van der Waals surface area contributed by atoms with Crippen LogP contribution in [0.3, 0.4) is 0 Å². The van der Waals surface area contributed by atoms with E-state index >= 15 is 0 Å². The zero-order valence-corrected chi connectivity index (χ0v) is 18.6. The van der Waals surface area contributed by atoms with Gasteiger partial charge in [0.05, 0.1) is 28.2 Å². The fraction of sp³-hybridized carbons (Fsp3) is 0.125. The summed E-state index contributed by atoms with van der Waals surface area (Å²) in [7, 11) is -3.98. The number of rotatable bonds is 8. The van der Waals surface area contributed by atoms with E-state index in [1.807, 2.05) is 37.3 Å². The normalized spacial score (nSPS) is 12.1. The number of hydrogen-bond acceptors (Lipinski definition) is 3. The van der Waals surface area contributed by atoms with Crippen LogP contribution < -0.4 is 9.62 Å². The first-order chi connectivity index (χ1) is 14.8. The van der Waals surface area contributed by atoms with Crippen molar-refractivity contribution in [2.75, 3.05) is 10.8 Å². The average Bonchev–Trinajstić information content (AvgIpc) is 2.78. The molecule has 0 saturated heterocycles. The van der Waals surface area contributed by atoms with E-state index in [4.69, 9.17) is 11.6 Å². The second kappa shape index (κ2) is 9.81. The zero-order chi connectivity index (χ0) is 22.4. The van der Waals surface area contributed by atoms with E-state index in [9.17, 15) is 13.2 Å². The lowest BCUT2D eigenvalue weighted by Crippen LogP contribution is -2.32. The van der Waals surface area contributed by atoms with Gasteiger partial charge in [0.25, 0.3) is 15.9 Å². The third kappa shape index (κ3) is 5.16. The van der Waals surface area contributed by atoms with Crippen LogP contribution in [-0.4, -0.2) is 20.9 Å². The van der Waals surface area contributed by atoms with Gasteiger partial charge in [-0.05, 0) is 42.8 Å². The summed E-state index contributed by atoms with van der Waals surface area (Å²) in [5.41, 5.74) is 1.55. The highest BCUT2D eigenvalue weighted by Crippen LogP contribution is 2.30. The van der Waals surface area contributed by atoms with Gasteiger partial charge in [-0.2, -0.15) is 0 Å². The summed E-state index contributed by atoms with van der Waals surface area (Å²) >= 11 is 6.24. The van der Waals surface area contributed by atoms with Crippen LogP contribution in [0, 0.1) is 0 Å². The molecular weight excluding hydrogens is 432 g/mol. The number of carbonyl (C=O) groups excluding carboxylic acids is 1. The van der Waals surface area contributed by atoms with Gasteiger partial charge in [0.2, 0.25) is 0 Å². The molecule has 3 rings (SSSR count). The van der Waals surface area contributed by atoms with Gasteiger partial charge in [-0.25, -0.2) is 8.42 Å². The molecule has 1 amide bonds. The Morgan fingerprint density at radius 1 is 1.06 bits per heavy atom. The van der Waals surface area contributed by atoms with Crippen molar-refractivity contribution in [2.24, 2.45) is 0 Å². The predicted molar refractivity (Wildman–Crippen MR) is 125 cm³/mol. The molecule has 7 heteroatoms. The Balaban J connectivity index is 1.91. The van der Waals surface area contributed by atoms with E-state index in [0.29, 0.717) is 10.7 Å². The van der Waals surface area contributed by atoms with Crippen molar-refractivity contribution in [1.29, 1.82) is 0 Å². The van der Waals surface area contributed by atoms with Crippen LogP contribution in [0.1, 0.15) is 28.9 Å². The van der Waals surface area contributed by atoms with Crippen LogP contribution in [0.2, 0.25) is 5.02 Å². The number of carbonyl (C=O) groups is 1. The topological polar surface area (TPSA) is 66.5 Å². The maximum atomic E-state index is 13.4. The summed E-state index contributed by atoms with van der Waals surface area (Å²) in [4.78, 5) is 12.8. The Bertz CT molecular complexity index is 1180. The van der Waals surface area contributed by atoms with Gasteiger partial charge in [-0.1, -0.05) is 66.2 Å². The second-order valence-corrected chi connectivity index (χ2v) is 9.18. The average molecular weight is 455 g/mol. The highest BCUT2D eigenvalue weighted by molar-refractivity contribution is 7.92. The number of anilines is 1. The van der Waals surface area contributed by atoms with Crippen molar-refractivity contribution in [1.82, 2.24) is 5.32 Å². The number of nitrogens with zero attached hydrogens (tertiary/aromatic N) is 1. The molecule has 0 fully saturated rings. The minimum Gasteiger partial charge on any atom is -0.346 e. The highest BCUT2D eigenvalue weighted by atomic mass is 35.5. The molecule has 1 unspecified atom stereocenters. The Labute approximate surface area is 188 Å². The minimum atomic E-state index is -3.98. The zero-order valence-electron chi connectivity index (χ0n) is 17.0. The fourth-order valence-electron chi connectivity index (χ4n) is 3.13. The predicted octanol–water partition coefficient (Wildman–Crippen LogP) is 5.21. The van der Waals surface area contributed by atoms with Crippen molar-refractivity contribution in [3.8, 4) is 0 Å². The summed E-state index contributed by atoms with van der Waals surface area (Å²) in [6, 6.07) is 22.0. The van der Waals surface area contributed by atoms with E-state index < -0.39 is 10.0 Å². The molecule has 0 heterocycles. The minimum absolute atomic E-state index is 0.00529. The van der Waals surface area contributed by atoms with Crippen LogP contribution in [0.5, 0.6) is 0 Å². The molecular formula is C24H23ClN2O3S. The third-order valence-corrected chi connectivity index (χ3v) is 6.84. The smallest absolute Gasteiger partial charge is 0.264 e. The third-order valence-electron chi connectivity index (χ3n) is 4.75. The Morgan fingerprint density at radius 2 is 1.74 bits per heavy atom. The van der Waals surface area contributed by atoms with Crippen molar-refractivity contribution >= 4 is 33.2 Å². The van der Waals surface area contributed by atoms with Crippen LogP contribution in [0.4, 0.5) is 5.69 Å². The summed E-state index contributed by atoms with van der Waals surface area (Å²) < 4.78 is 27.9. The second-order valence-electron chi connectivity index (χ2n) is 6.91. The molecule has 0 aliphatic rings. The lowest BCUT2D eigenvalue weighted by molar-refractivity contribution is 0.0939. The van der Waals surface area contributed by atoms with E-state index in [2.05, 4.69) is 11.9 Å². The summed E-state index contributed by atoms with van der Waals surface area (Å²) in [5.74, 6) is -0.360. The lowest BCUT2D eigenvalue weighted by Gasteiger charge is -2.24. The lowest BCUT2D eigenvalue weighted by atomic mass is 10.1. The molecule has 0 aromatic heterocycles. The molecule has 0 aliphatic heterocycles. The van der Waals surface area contributed by atoms with Crippen LogP contribution in [0.15, 0.2) is 96.4 Å². The molecule has 0 aliphatic carbocycles. The van der Waals surface area contributed by atoms with Gasteiger partial charge < -0.3 is 5.32 Å². The Morgan fingerprint density at radius 3 is 2.42 bits per heavy atom. The maximum Gasteiger partial charge on any atom is 0.264 e. The van der Waals surface area contributed by atoms with Gasteiger partial charge in [0.15, 0.2) is 0 Å². The quantitative estimate of drug-likeness (QED) is 0.475. The number of sulfonamides is 1. The maximum absolute atomic E-state index is 13.4. The van der Waals surface area contributed by atoms with Crippen LogP contribution in [-0.2, 0) is 10.0 Å². The molecule has 5 nitrogen and oxygen atoms in total. The van der Waals surface area contributed by atoms with Crippen LogP contribution in [0.25, 0.3) is 0 Å². The first-order valence-electron chi connectivity index (χ1n) is 9.68. The molecule has 1 N–H and O–H groups in total. The molecule has 31 heavy (non-hydrogen) atoms. The molecule has 3 aromatic rings. The van der Waals surface area contributed by atoms with Gasteiger partial charge >= 0.3 is 0 Å². The largest absolute Gasteiger partial charge is 0.346 e. The Kier molecular flexibility index (Phi) is 7.15. The molecule has 0 spiro atoms. The van der Waals surface area contributed by atoms with Gasteiger partial charge in [-0.15, -0.1) is 6.58 Å². The van der Waals surface area contributed by atoms with Crippen molar-refractivity contribution in [3.63, 3.8) is 0 Å². The molecule has 1 atom stereocenters. The number of hydrogen-bond donors (Lipinski definition) is 1.